The first-order valence-electron chi connectivity index (χ1n) is 11.7. The second-order valence-electron chi connectivity index (χ2n) is 8.81. The highest BCUT2D eigenvalue weighted by Crippen LogP contribution is 2.46. The van der Waals surface area contributed by atoms with Gasteiger partial charge in [-0.2, -0.15) is 13.2 Å². The summed E-state index contributed by atoms with van der Waals surface area (Å²) in [5, 5.41) is 5.98. The van der Waals surface area contributed by atoms with E-state index in [9.17, 15) is 31.5 Å². The molecular weight excluding hydrogens is 569 g/mol. The van der Waals surface area contributed by atoms with Crippen LogP contribution in [0.15, 0.2) is 54.6 Å². The number of hydrogen-bond acceptors (Lipinski definition) is 5. The Labute approximate surface area is 233 Å². The summed E-state index contributed by atoms with van der Waals surface area (Å²) >= 11 is 6.36. The average molecular weight is 584 g/mol. The molecule has 0 spiro atoms. The summed E-state index contributed by atoms with van der Waals surface area (Å²) in [7, 11) is 1.36. The van der Waals surface area contributed by atoms with E-state index in [0.29, 0.717) is 17.5 Å². The van der Waals surface area contributed by atoms with Gasteiger partial charge in [-0.15, -0.1) is 0 Å². The molecule has 3 aromatic carbocycles. The van der Waals surface area contributed by atoms with Crippen LogP contribution in [0.5, 0.6) is 0 Å². The number of pyridine rings is 1. The summed E-state index contributed by atoms with van der Waals surface area (Å²) in [5.74, 6) is 1.47. The number of nitrogens with one attached hydrogen (secondary N) is 2. The van der Waals surface area contributed by atoms with E-state index in [2.05, 4.69) is 27.6 Å². The number of ether oxygens (including phenoxy) is 1. The van der Waals surface area contributed by atoms with E-state index < -0.39 is 40.9 Å². The quantitative estimate of drug-likeness (QED) is 0.169. The Morgan fingerprint density at radius 2 is 1.85 bits per heavy atom. The van der Waals surface area contributed by atoms with Crippen LogP contribution in [0, 0.1) is 23.7 Å². The second-order valence-corrected chi connectivity index (χ2v) is 9.22. The molecular formula is C29H15ClF5N3O3. The van der Waals surface area contributed by atoms with E-state index >= 15 is 0 Å². The van der Waals surface area contributed by atoms with Crippen molar-refractivity contribution in [1.29, 1.82) is 0 Å². The summed E-state index contributed by atoms with van der Waals surface area (Å²) in [4.78, 5) is 29.7. The number of amides is 1. The van der Waals surface area contributed by atoms with Gasteiger partial charge in [0.05, 0.1) is 24.2 Å². The van der Waals surface area contributed by atoms with Crippen molar-refractivity contribution >= 4 is 45.7 Å². The van der Waals surface area contributed by atoms with Crippen LogP contribution in [0.1, 0.15) is 44.3 Å². The maximum atomic E-state index is 14.3. The zero-order valence-corrected chi connectivity index (χ0v) is 21.5. The molecule has 0 fully saturated rings. The fraction of sp³-hybridized carbons (Fsp3) is 0.103. The van der Waals surface area contributed by atoms with Gasteiger partial charge in [0.15, 0.2) is 5.94 Å². The third kappa shape index (κ3) is 5.31. The van der Waals surface area contributed by atoms with Gasteiger partial charge in [0.1, 0.15) is 29.1 Å². The van der Waals surface area contributed by atoms with Gasteiger partial charge < -0.3 is 15.4 Å². The van der Waals surface area contributed by atoms with Gasteiger partial charge in [0.2, 0.25) is 0 Å². The van der Waals surface area contributed by atoms with Gasteiger partial charge in [-0.3, -0.25) is 4.79 Å². The van der Waals surface area contributed by atoms with Crippen LogP contribution in [0.4, 0.5) is 27.6 Å². The van der Waals surface area contributed by atoms with E-state index in [4.69, 9.17) is 16.3 Å². The van der Waals surface area contributed by atoms with Crippen LogP contribution in [0.25, 0.3) is 16.6 Å². The standard InChI is InChI=1S/C29H15ClF5N3O3/c1-41-7-6-18-3-4-19-22(36-18)12-23(38-28(40)14-8-15(29(33,34)35)10-17(32)9-14)26-25(19)24(13-39)37-27(26)20-11-16(31)2-5-21(20)30/h2-5,8-12,27,37H,1H3,(H,38,40). The van der Waals surface area contributed by atoms with Crippen molar-refractivity contribution in [2.24, 2.45) is 0 Å². The molecule has 1 aliphatic heterocycles. The highest BCUT2D eigenvalue weighted by molar-refractivity contribution is 6.31. The van der Waals surface area contributed by atoms with Gasteiger partial charge in [0, 0.05) is 38.4 Å². The summed E-state index contributed by atoms with van der Waals surface area (Å²) < 4.78 is 73.0. The minimum atomic E-state index is -4.91. The van der Waals surface area contributed by atoms with Gasteiger partial charge in [0.25, 0.3) is 5.91 Å². The number of aromatic nitrogens is 1. The molecule has 0 bridgehead atoms. The summed E-state index contributed by atoms with van der Waals surface area (Å²) in [6.45, 7) is 0. The van der Waals surface area contributed by atoms with Crippen molar-refractivity contribution in [3.63, 3.8) is 0 Å². The lowest BCUT2D eigenvalue weighted by molar-refractivity contribution is -0.137. The Balaban J connectivity index is 1.74. The van der Waals surface area contributed by atoms with Gasteiger partial charge >= 0.3 is 6.18 Å². The lowest BCUT2D eigenvalue weighted by Crippen LogP contribution is -2.18. The molecule has 1 aromatic heterocycles. The zero-order chi connectivity index (χ0) is 29.5. The monoisotopic (exact) mass is 583 g/mol. The van der Waals surface area contributed by atoms with Crippen molar-refractivity contribution in [2.45, 2.75) is 12.2 Å². The predicted molar refractivity (Wildman–Crippen MR) is 140 cm³/mol. The number of fused-ring (bicyclic) bond motifs is 3. The highest BCUT2D eigenvalue weighted by Gasteiger charge is 2.36. The van der Waals surface area contributed by atoms with Gasteiger partial charge in [-0.25, -0.2) is 18.6 Å². The smallest absolute Gasteiger partial charge is 0.416 e. The molecule has 41 heavy (non-hydrogen) atoms. The maximum absolute atomic E-state index is 14.3. The molecule has 1 atom stereocenters. The molecule has 1 aliphatic rings. The molecule has 1 amide bonds. The molecule has 0 aliphatic carbocycles. The van der Waals surface area contributed by atoms with Crippen molar-refractivity contribution < 1.29 is 36.3 Å². The van der Waals surface area contributed by atoms with Crippen molar-refractivity contribution in [3.8, 4) is 12.0 Å². The summed E-state index contributed by atoms with van der Waals surface area (Å²) in [6.07, 6.45) is -2.51. The molecule has 0 radical (unpaired) electrons. The number of methoxy groups -OCH3 is 1. The minimum Gasteiger partial charge on any atom is -0.450 e. The fourth-order valence-corrected chi connectivity index (χ4v) is 4.78. The molecule has 5 rings (SSSR count). The normalized spacial score (nSPS) is 14.0. The number of carbonyl (C=O) groups excluding carboxylic acids is 2. The zero-order valence-electron chi connectivity index (χ0n) is 20.7. The van der Waals surface area contributed by atoms with E-state index in [0.717, 1.165) is 12.1 Å². The molecule has 0 saturated carbocycles. The Morgan fingerprint density at radius 1 is 1.07 bits per heavy atom. The number of anilines is 1. The number of halogens is 6. The van der Waals surface area contributed by atoms with Crippen LogP contribution in [-0.2, 0) is 15.7 Å². The molecule has 2 N–H and O–H groups in total. The minimum absolute atomic E-state index is 0.0113. The molecule has 1 unspecified atom stereocenters. The third-order valence-electron chi connectivity index (χ3n) is 6.25. The first-order valence-corrected chi connectivity index (χ1v) is 12.1. The fourth-order valence-electron chi connectivity index (χ4n) is 4.55. The SMILES string of the molecule is COC#Cc1ccc2c3c(c(NC(=O)c4cc(F)cc(C(F)(F)F)c4)cc2n1)C(c1cc(F)ccc1Cl)NC3=C=O. The first-order chi connectivity index (χ1) is 19.5. The highest BCUT2D eigenvalue weighted by atomic mass is 35.5. The number of hydrogen-bond donors (Lipinski definition) is 2. The molecule has 206 valence electrons. The van der Waals surface area contributed by atoms with Crippen LogP contribution < -0.4 is 10.6 Å². The van der Waals surface area contributed by atoms with Crippen LogP contribution in [0.2, 0.25) is 5.02 Å². The maximum Gasteiger partial charge on any atom is 0.416 e. The molecule has 12 heteroatoms. The van der Waals surface area contributed by atoms with Gasteiger partial charge in [-0.1, -0.05) is 11.6 Å². The number of benzene rings is 3. The number of alkyl halides is 3. The topological polar surface area (TPSA) is 80.3 Å². The number of nitrogens with zero attached hydrogens (tertiary/aromatic N) is 1. The van der Waals surface area contributed by atoms with Crippen LogP contribution in [-0.4, -0.2) is 23.9 Å². The van der Waals surface area contributed by atoms with Crippen molar-refractivity contribution in [2.75, 3.05) is 12.4 Å². The lowest BCUT2D eigenvalue weighted by atomic mass is 9.93. The van der Waals surface area contributed by atoms with Crippen LogP contribution in [0.3, 0.4) is 0 Å². The van der Waals surface area contributed by atoms with E-state index in [1.165, 1.54) is 19.2 Å². The average Bonchev–Trinajstić information content (AvgIpc) is 3.32. The van der Waals surface area contributed by atoms with E-state index in [-0.39, 0.29) is 50.4 Å². The van der Waals surface area contributed by atoms with Crippen LogP contribution >= 0.6 is 11.6 Å². The number of carbonyl (C=O) groups is 1. The van der Waals surface area contributed by atoms with E-state index in [1.54, 1.807) is 18.1 Å². The molecule has 0 saturated heterocycles. The second kappa shape index (κ2) is 10.6. The third-order valence-corrected chi connectivity index (χ3v) is 6.59. The first kappa shape index (κ1) is 27.6. The predicted octanol–water partition coefficient (Wildman–Crippen LogP) is 6.26. The number of rotatable bonds is 3. The molecule has 6 nitrogen and oxygen atoms in total. The molecule has 2 heterocycles. The molecule has 4 aromatic rings. The Kier molecular flexibility index (Phi) is 7.13. The largest absolute Gasteiger partial charge is 0.450 e. The summed E-state index contributed by atoms with van der Waals surface area (Å²) in [5.41, 5.74) is -0.858. The van der Waals surface area contributed by atoms with Crippen molar-refractivity contribution in [3.05, 3.63) is 105 Å². The van der Waals surface area contributed by atoms with Gasteiger partial charge in [-0.05, 0) is 60.5 Å². The summed E-state index contributed by atoms with van der Waals surface area (Å²) in [6, 6.07) is 8.59. The lowest BCUT2D eigenvalue weighted by Gasteiger charge is -2.19. The Morgan fingerprint density at radius 3 is 2.56 bits per heavy atom. The van der Waals surface area contributed by atoms with E-state index in [1.807, 2.05) is 0 Å². The Hall–Kier alpha value is -4.91. The van der Waals surface area contributed by atoms with Crippen molar-refractivity contribution in [1.82, 2.24) is 10.3 Å². The Bertz CT molecular complexity index is 1860.